The molecule has 19 heavy (non-hydrogen) atoms. The molecule has 0 radical (unpaired) electrons. The van der Waals surface area contributed by atoms with Crippen molar-refractivity contribution in [2.45, 2.75) is 13.5 Å². The third kappa shape index (κ3) is 3.58. The summed E-state index contributed by atoms with van der Waals surface area (Å²) in [5.41, 5.74) is 2.93. The zero-order valence-electron chi connectivity index (χ0n) is 11.4. The Kier molecular flexibility index (Phi) is 3.85. The number of nitrogens with zero attached hydrogens (tertiary/aromatic N) is 3. The number of anilines is 1. The van der Waals surface area contributed by atoms with E-state index in [-0.39, 0.29) is 6.03 Å². The van der Waals surface area contributed by atoms with Gasteiger partial charge in [0.05, 0.1) is 12.7 Å². The number of hydrogen-bond donors (Lipinski definition) is 1. The largest absolute Gasteiger partial charge is 0.323 e. The summed E-state index contributed by atoms with van der Waals surface area (Å²) in [6.07, 6.45) is 3.66. The highest BCUT2D eigenvalue weighted by Crippen LogP contribution is 2.11. The molecule has 0 unspecified atom stereocenters. The fourth-order valence-corrected chi connectivity index (χ4v) is 1.84. The van der Waals surface area contributed by atoms with Gasteiger partial charge in [0.2, 0.25) is 0 Å². The summed E-state index contributed by atoms with van der Waals surface area (Å²) < 4.78 is 1.72. The van der Waals surface area contributed by atoms with Crippen molar-refractivity contribution in [3.8, 4) is 0 Å². The standard InChI is InChI=1S/C14H18N4O/c1-11-5-4-6-13(7-11)16-14(19)17(2)9-12-8-15-18(3)10-12/h4-8,10H,9H2,1-3H3,(H,16,19). The zero-order valence-corrected chi connectivity index (χ0v) is 11.4. The molecule has 1 aromatic carbocycles. The van der Waals surface area contributed by atoms with Crippen molar-refractivity contribution < 1.29 is 4.79 Å². The van der Waals surface area contributed by atoms with Crippen LogP contribution in [-0.4, -0.2) is 27.8 Å². The van der Waals surface area contributed by atoms with E-state index in [0.717, 1.165) is 16.8 Å². The highest BCUT2D eigenvalue weighted by Gasteiger charge is 2.10. The Hall–Kier alpha value is -2.30. The second-order valence-electron chi connectivity index (χ2n) is 4.68. The van der Waals surface area contributed by atoms with Gasteiger partial charge in [0.1, 0.15) is 0 Å². The van der Waals surface area contributed by atoms with Crippen LogP contribution in [0.25, 0.3) is 0 Å². The second kappa shape index (κ2) is 5.56. The first kappa shape index (κ1) is 13.1. The molecular weight excluding hydrogens is 240 g/mol. The quantitative estimate of drug-likeness (QED) is 0.919. The number of nitrogens with one attached hydrogen (secondary N) is 1. The van der Waals surface area contributed by atoms with Crippen LogP contribution in [0, 0.1) is 6.92 Å². The lowest BCUT2D eigenvalue weighted by molar-refractivity contribution is 0.220. The maximum absolute atomic E-state index is 12.0. The molecule has 0 saturated heterocycles. The van der Waals surface area contributed by atoms with Crippen molar-refractivity contribution in [2.75, 3.05) is 12.4 Å². The van der Waals surface area contributed by atoms with Gasteiger partial charge in [0, 0.05) is 31.5 Å². The van der Waals surface area contributed by atoms with E-state index in [1.165, 1.54) is 0 Å². The average Bonchev–Trinajstić information content (AvgIpc) is 2.74. The van der Waals surface area contributed by atoms with Crippen LogP contribution in [0.1, 0.15) is 11.1 Å². The molecule has 5 heteroatoms. The molecule has 2 amide bonds. The highest BCUT2D eigenvalue weighted by molar-refractivity contribution is 5.89. The van der Waals surface area contributed by atoms with Gasteiger partial charge in [0.25, 0.3) is 0 Å². The third-order valence-corrected chi connectivity index (χ3v) is 2.79. The first-order valence-electron chi connectivity index (χ1n) is 6.11. The number of rotatable bonds is 3. The minimum atomic E-state index is -0.130. The molecule has 0 fully saturated rings. The molecule has 0 aliphatic rings. The average molecular weight is 258 g/mol. The molecule has 100 valence electrons. The van der Waals surface area contributed by atoms with Gasteiger partial charge >= 0.3 is 6.03 Å². The number of carbonyl (C=O) groups excluding carboxylic acids is 1. The second-order valence-corrected chi connectivity index (χ2v) is 4.68. The number of hydrogen-bond acceptors (Lipinski definition) is 2. The van der Waals surface area contributed by atoms with Crippen molar-refractivity contribution in [1.29, 1.82) is 0 Å². The number of aryl methyl sites for hydroxylation is 2. The van der Waals surface area contributed by atoms with Gasteiger partial charge in [-0.15, -0.1) is 0 Å². The zero-order chi connectivity index (χ0) is 13.8. The summed E-state index contributed by atoms with van der Waals surface area (Å²) in [6.45, 7) is 2.53. The molecule has 0 saturated carbocycles. The molecule has 0 atom stereocenters. The Morgan fingerprint density at radius 2 is 2.26 bits per heavy atom. The van der Waals surface area contributed by atoms with Gasteiger partial charge in [-0.1, -0.05) is 12.1 Å². The number of carbonyl (C=O) groups is 1. The lowest BCUT2D eigenvalue weighted by atomic mass is 10.2. The van der Waals surface area contributed by atoms with Gasteiger partial charge in [-0.25, -0.2) is 4.79 Å². The maximum Gasteiger partial charge on any atom is 0.321 e. The van der Waals surface area contributed by atoms with Crippen LogP contribution in [0.15, 0.2) is 36.7 Å². The molecule has 1 heterocycles. The van der Waals surface area contributed by atoms with Crippen LogP contribution in [0.3, 0.4) is 0 Å². The molecule has 2 aromatic rings. The minimum absolute atomic E-state index is 0.130. The molecule has 1 aromatic heterocycles. The first-order chi connectivity index (χ1) is 9.04. The van der Waals surface area contributed by atoms with E-state index in [2.05, 4.69) is 10.4 Å². The Labute approximate surface area is 112 Å². The Morgan fingerprint density at radius 1 is 1.47 bits per heavy atom. The first-order valence-corrected chi connectivity index (χ1v) is 6.11. The summed E-state index contributed by atoms with van der Waals surface area (Å²) in [5, 5.41) is 6.95. The Balaban J connectivity index is 1.96. The van der Waals surface area contributed by atoms with Crippen LogP contribution in [0.2, 0.25) is 0 Å². The molecule has 0 spiro atoms. The van der Waals surface area contributed by atoms with Crippen LogP contribution in [0.4, 0.5) is 10.5 Å². The summed E-state index contributed by atoms with van der Waals surface area (Å²) in [7, 11) is 3.62. The van der Waals surface area contributed by atoms with E-state index >= 15 is 0 Å². The van der Waals surface area contributed by atoms with Crippen molar-refractivity contribution in [3.05, 3.63) is 47.8 Å². The maximum atomic E-state index is 12.0. The van der Waals surface area contributed by atoms with Gasteiger partial charge < -0.3 is 10.2 Å². The van der Waals surface area contributed by atoms with Gasteiger partial charge in [-0.2, -0.15) is 5.10 Å². The molecular formula is C14H18N4O. The third-order valence-electron chi connectivity index (χ3n) is 2.79. The minimum Gasteiger partial charge on any atom is -0.323 e. The monoisotopic (exact) mass is 258 g/mol. The van der Waals surface area contributed by atoms with E-state index in [9.17, 15) is 4.79 Å². The molecule has 5 nitrogen and oxygen atoms in total. The fraction of sp³-hybridized carbons (Fsp3) is 0.286. The lowest BCUT2D eigenvalue weighted by Crippen LogP contribution is -2.30. The predicted octanol–water partition coefficient (Wildman–Crippen LogP) is 2.39. The van der Waals surface area contributed by atoms with Crippen molar-refractivity contribution in [3.63, 3.8) is 0 Å². The van der Waals surface area contributed by atoms with Crippen molar-refractivity contribution in [1.82, 2.24) is 14.7 Å². The van der Waals surface area contributed by atoms with Crippen LogP contribution in [-0.2, 0) is 13.6 Å². The SMILES string of the molecule is Cc1cccc(NC(=O)N(C)Cc2cnn(C)c2)c1. The molecule has 2 rings (SSSR count). The lowest BCUT2D eigenvalue weighted by Gasteiger charge is -2.17. The van der Waals surface area contributed by atoms with E-state index < -0.39 is 0 Å². The van der Waals surface area contributed by atoms with E-state index in [4.69, 9.17) is 0 Å². The number of benzene rings is 1. The molecule has 1 N–H and O–H groups in total. The Bertz CT molecular complexity index is 576. The van der Waals surface area contributed by atoms with E-state index in [1.54, 1.807) is 22.8 Å². The van der Waals surface area contributed by atoms with Crippen molar-refractivity contribution >= 4 is 11.7 Å². The fourth-order valence-electron chi connectivity index (χ4n) is 1.84. The molecule has 0 aliphatic carbocycles. The number of aromatic nitrogens is 2. The van der Waals surface area contributed by atoms with Gasteiger partial charge in [0.15, 0.2) is 0 Å². The molecule has 0 aliphatic heterocycles. The van der Waals surface area contributed by atoms with Crippen LogP contribution >= 0.6 is 0 Å². The summed E-state index contributed by atoms with van der Waals surface area (Å²) in [6, 6.07) is 7.61. The summed E-state index contributed by atoms with van der Waals surface area (Å²) >= 11 is 0. The highest BCUT2D eigenvalue weighted by atomic mass is 16.2. The van der Waals surface area contributed by atoms with Crippen LogP contribution in [0.5, 0.6) is 0 Å². The predicted molar refractivity (Wildman–Crippen MR) is 74.9 cm³/mol. The van der Waals surface area contributed by atoms with Gasteiger partial charge in [-0.3, -0.25) is 4.68 Å². The normalized spacial score (nSPS) is 10.3. The topological polar surface area (TPSA) is 50.2 Å². The molecule has 0 bridgehead atoms. The van der Waals surface area contributed by atoms with E-state index in [0.29, 0.717) is 6.54 Å². The smallest absolute Gasteiger partial charge is 0.321 e. The number of urea groups is 1. The van der Waals surface area contributed by atoms with Crippen LogP contribution < -0.4 is 5.32 Å². The van der Waals surface area contributed by atoms with Gasteiger partial charge in [-0.05, 0) is 24.6 Å². The number of amides is 2. The van der Waals surface area contributed by atoms with E-state index in [1.807, 2.05) is 44.4 Å². The van der Waals surface area contributed by atoms with Crippen molar-refractivity contribution in [2.24, 2.45) is 7.05 Å². The summed E-state index contributed by atoms with van der Waals surface area (Å²) in [5.74, 6) is 0. The summed E-state index contributed by atoms with van der Waals surface area (Å²) in [4.78, 5) is 13.6. The Morgan fingerprint density at radius 3 is 2.89 bits per heavy atom.